The van der Waals surface area contributed by atoms with Crippen molar-refractivity contribution in [2.24, 2.45) is 0 Å². The first-order chi connectivity index (χ1) is 11.4. The van der Waals surface area contributed by atoms with Crippen molar-refractivity contribution >= 4 is 35.4 Å². The van der Waals surface area contributed by atoms with Crippen LogP contribution in [-0.4, -0.2) is 65.1 Å². The lowest BCUT2D eigenvalue weighted by atomic mass is 10.3. The van der Waals surface area contributed by atoms with Crippen LogP contribution >= 0.6 is 0 Å². The molecule has 10 heteroatoms. The minimum atomic E-state index is -0.976. The number of Topliss-reactive ketones (excluding diaryl/α,β-unsaturated/α-hetero) is 1. The molecule has 0 aromatic heterocycles. The summed E-state index contributed by atoms with van der Waals surface area (Å²) in [6.07, 6.45) is 0.209. The molecule has 24 heavy (non-hydrogen) atoms. The van der Waals surface area contributed by atoms with Gasteiger partial charge in [-0.15, -0.1) is 5.06 Å². The van der Waals surface area contributed by atoms with Crippen molar-refractivity contribution < 1.29 is 38.3 Å². The average Bonchev–Trinajstić information content (AvgIpc) is 3.01. The molecule has 2 rings (SSSR count). The average molecular weight is 340 g/mol. The molecule has 0 unspecified atom stereocenters. The van der Waals surface area contributed by atoms with Gasteiger partial charge in [0.15, 0.2) is 5.78 Å². The van der Waals surface area contributed by atoms with Crippen molar-refractivity contribution in [3.63, 3.8) is 0 Å². The molecule has 0 aromatic rings. The van der Waals surface area contributed by atoms with Crippen molar-refractivity contribution in [1.29, 1.82) is 0 Å². The minimum absolute atomic E-state index is 0.0128. The maximum absolute atomic E-state index is 11.6. The summed E-state index contributed by atoms with van der Waals surface area (Å²) >= 11 is 0. The molecule has 0 saturated carbocycles. The van der Waals surface area contributed by atoms with E-state index in [2.05, 4.69) is 4.84 Å². The number of amides is 4. The highest BCUT2D eigenvalue weighted by molar-refractivity contribution is 6.02. The van der Waals surface area contributed by atoms with Gasteiger partial charge < -0.3 is 9.57 Å². The van der Waals surface area contributed by atoms with Crippen molar-refractivity contribution in [2.45, 2.75) is 32.1 Å². The van der Waals surface area contributed by atoms with Crippen molar-refractivity contribution in [2.75, 3.05) is 19.8 Å². The van der Waals surface area contributed by atoms with E-state index in [1.54, 1.807) is 0 Å². The third-order valence-corrected chi connectivity index (χ3v) is 3.45. The molecule has 0 bridgehead atoms. The summed E-state index contributed by atoms with van der Waals surface area (Å²) in [5.41, 5.74) is 0. The molecule has 0 spiro atoms. The van der Waals surface area contributed by atoms with Gasteiger partial charge in [0, 0.05) is 38.6 Å². The van der Waals surface area contributed by atoms with Gasteiger partial charge in [-0.1, -0.05) is 0 Å². The highest BCUT2D eigenvalue weighted by Crippen LogP contribution is 2.13. The van der Waals surface area contributed by atoms with E-state index in [1.165, 1.54) is 0 Å². The number of rotatable bonds is 8. The van der Waals surface area contributed by atoms with Crippen molar-refractivity contribution in [1.82, 2.24) is 9.96 Å². The van der Waals surface area contributed by atoms with E-state index in [0.29, 0.717) is 5.06 Å². The van der Waals surface area contributed by atoms with Gasteiger partial charge in [0.05, 0.1) is 0 Å². The van der Waals surface area contributed by atoms with Gasteiger partial charge in [-0.05, 0) is 0 Å². The zero-order valence-electron chi connectivity index (χ0n) is 12.8. The first kappa shape index (κ1) is 17.7. The van der Waals surface area contributed by atoms with Gasteiger partial charge in [-0.3, -0.25) is 28.9 Å². The van der Waals surface area contributed by atoms with Gasteiger partial charge in [0.2, 0.25) is 11.8 Å². The van der Waals surface area contributed by atoms with E-state index < -0.39 is 36.8 Å². The molecular weight excluding hydrogens is 324 g/mol. The number of imide groups is 2. The van der Waals surface area contributed by atoms with Crippen LogP contribution in [0.1, 0.15) is 32.1 Å². The van der Waals surface area contributed by atoms with Crippen LogP contribution in [0.3, 0.4) is 0 Å². The highest BCUT2D eigenvalue weighted by Gasteiger charge is 2.33. The molecule has 2 saturated heterocycles. The van der Waals surface area contributed by atoms with Gasteiger partial charge in [-0.2, -0.15) is 0 Å². The van der Waals surface area contributed by atoms with Crippen LogP contribution in [0.15, 0.2) is 0 Å². The second kappa shape index (κ2) is 7.77. The van der Waals surface area contributed by atoms with E-state index >= 15 is 0 Å². The molecule has 2 aliphatic rings. The lowest BCUT2D eigenvalue weighted by Gasteiger charge is -2.13. The Bertz CT molecular complexity index is 568. The Hall–Kier alpha value is -2.62. The largest absolute Gasteiger partial charge is 0.362 e. The predicted octanol–water partition coefficient (Wildman–Crippen LogP) is -1.28. The topological polar surface area (TPSA) is 127 Å². The Morgan fingerprint density at radius 2 is 1.38 bits per heavy atom. The maximum Gasteiger partial charge on any atom is 0.358 e. The van der Waals surface area contributed by atoms with Gasteiger partial charge in [0.1, 0.15) is 13.2 Å². The second-order valence-electron chi connectivity index (χ2n) is 5.27. The number of carbonyl (C=O) groups is 6. The number of hydroxylamine groups is 2. The zero-order chi connectivity index (χ0) is 17.7. The molecule has 4 amide bonds. The molecule has 2 heterocycles. The molecule has 0 radical (unpaired) electrons. The smallest absolute Gasteiger partial charge is 0.358 e. The standard InChI is InChI=1S/C14H16N2O8/c17-9(5-6-15-10(18)1-2-11(15)19)7-23-8-14(22)24-16-12(20)3-4-13(16)21/h1-8H2. The maximum atomic E-state index is 11.6. The summed E-state index contributed by atoms with van der Waals surface area (Å²) in [5, 5.41) is 0.387. The van der Waals surface area contributed by atoms with Crippen LogP contribution in [0.5, 0.6) is 0 Å². The molecule has 0 aromatic carbocycles. The normalized spacial score (nSPS) is 17.8. The van der Waals surface area contributed by atoms with Crippen LogP contribution in [0, 0.1) is 0 Å². The Balaban J connectivity index is 1.62. The van der Waals surface area contributed by atoms with E-state index in [-0.39, 0.29) is 50.5 Å². The van der Waals surface area contributed by atoms with E-state index in [9.17, 15) is 28.8 Å². The van der Waals surface area contributed by atoms with Gasteiger partial charge in [-0.25, -0.2) is 4.79 Å². The van der Waals surface area contributed by atoms with E-state index in [4.69, 9.17) is 4.74 Å². The molecular formula is C14H16N2O8. The third kappa shape index (κ3) is 4.44. The van der Waals surface area contributed by atoms with Crippen LogP contribution in [-0.2, 0) is 38.3 Å². The highest BCUT2D eigenvalue weighted by atomic mass is 16.7. The number of hydrogen-bond donors (Lipinski definition) is 0. The number of ketones is 1. The molecule has 130 valence electrons. The number of nitrogens with zero attached hydrogens (tertiary/aromatic N) is 2. The lowest BCUT2D eigenvalue weighted by molar-refractivity contribution is -0.200. The Morgan fingerprint density at radius 3 is 1.96 bits per heavy atom. The lowest BCUT2D eigenvalue weighted by Crippen LogP contribution is -2.34. The quantitative estimate of drug-likeness (QED) is 0.500. The fourth-order valence-corrected chi connectivity index (χ4v) is 2.22. The molecule has 2 fully saturated rings. The third-order valence-electron chi connectivity index (χ3n) is 3.45. The number of hydrogen-bond acceptors (Lipinski definition) is 8. The SMILES string of the molecule is O=C(CCN1C(=O)CCC1=O)COCC(=O)ON1C(=O)CCC1=O. The summed E-state index contributed by atoms with van der Waals surface area (Å²) in [5.74, 6) is -3.21. The first-order valence-corrected chi connectivity index (χ1v) is 7.37. The molecule has 0 N–H and O–H groups in total. The second-order valence-corrected chi connectivity index (χ2v) is 5.27. The number of likely N-dealkylation sites (tertiary alicyclic amines) is 1. The summed E-state index contributed by atoms with van der Waals surface area (Å²) in [7, 11) is 0. The summed E-state index contributed by atoms with van der Waals surface area (Å²) < 4.78 is 4.85. The predicted molar refractivity (Wildman–Crippen MR) is 73.6 cm³/mol. The van der Waals surface area contributed by atoms with Crippen LogP contribution < -0.4 is 0 Å². The van der Waals surface area contributed by atoms with Gasteiger partial charge >= 0.3 is 5.97 Å². The van der Waals surface area contributed by atoms with Crippen LogP contribution in [0.2, 0.25) is 0 Å². The zero-order valence-corrected chi connectivity index (χ0v) is 12.8. The van der Waals surface area contributed by atoms with E-state index in [1.807, 2.05) is 0 Å². The minimum Gasteiger partial charge on any atom is -0.362 e. The van der Waals surface area contributed by atoms with Crippen molar-refractivity contribution in [3.8, 4) is 0 Å². The fourth-order valence-electron chi connectivity index (χ4n) is 2.22. The molecule has 0 aliphatic carbocycles. The van der Waals surface area contributed by atoms with Crippen LogP contribution in [0.4, 0.5) is 0 Å². The van der Waals surface area contributed by atoms with Crippen LogP contribution in [0.25, 0.3) is 0 Å². The number of ether oxygens (including phenoxy) is 1. The molecule has 0 atom stereocenters. The molecule has 2 aliphatic heterocycles. The summed E-state index contributed by atoms with van der Waals surface area (Å²) in [4.78, 5) is 73.8. The fraction of sp³-hybridized carbons (Fsp3) is 0.571. The Morgan fingerprint density at radius 1 is 0.833 bits per heavy atom. The monoisotopic (exact) mass is 340 g/mol. The Kier molecular flexibility index (Phi) is 5.74. The number of carbonyl (C=O) groups excluding carboxylic acids is 6. The summed E-state index contributed by atoms with van der Waals surface area (Å²) in [6.45, 7) is -1.03. The Labute approximate surface area is 136 Å². The molecule has 10 nitrogen and oxygen atoms in total. The van der Waals surface area contributed by atoms with E-state index in [0.717, 1.165) is 4.90 Å². The van der Waals surface area contributed by atoms with Crippen molar-refractivity contribution in [3.05, 3.63) is 0 Å². The first-order valence-electron chi connectivity index (χ1n) is 7.37. The summed E-state index contributed by atoms with van der Waals surface area (Å²) in [6, 6.07) is 0. The van der Waals surface area contributed by atoms with Gasteiger partial charge in [0.25, 0.3) is 11.8 Å².